The van der Waals surface area contributed by atoms with E-state index in [0.29, 0.717) is 27.8 Å². The maximum absolute atomic E-state index is 12.1. The zero-order chi connectivity index (χ0) is 19.8. The summed E-state index contributed by atoms with van der Waals surface area (Å²) in [5, 5.41) is 3.02. The average Bonchev–Trinajstić information content (AvgIpc) is 2.66. The fourth-order valence-electron chi connectivity index (χ4n) is 2.23. The van der Waals surface area contributed by atoms with Crippen LogP contribution in [0.5, 0.6) is 11.5 Å². The molecule has 2 aromatic carbocycles. The van der Waals surface area contributed by atoms with Crippen LogP contribution in [0.3, 0.4) is 0 Å². The molecule has 0 radical (unpaired) electrons. The highest BCUT2D eigenvalue weighted by Crippen LogP contribution is 2.36. The van der Waals surface area contributed by atoms with Gasteiger partial charge in [0.2, 0.25) is 0 Å². The molecule has 0 aliphatic rings. The van der Waals surface area contributed by atoms with E-state index in [9.17, 15) is 9.59 Å². The van der Waals surface area contributed by atoms with Crippen LogP contribution in [0.2, 0.25) is 5.02 Å². The quantitative estimate of drug-likeness (QED) is 0.573. The minimum Gasteiger partial charge on any atom is -0.493 e. The van der Waals surface area contributed by atoms with Crippen LogP contribution >= 0.6 is 11.6 Å². The van der Waals surface area contributed by atoms with Crippen molar-refractivity contribution in [3.63, 3.8) is 0 Å². The van der Waals surface area contributed by atoms with Gasteiger partial charge in [-0.25, -0.2) is 4.79 Å². The molecule has 0 aliphatic heterocycles. The molecule has 7 heteroatoms. The topological polar surface area (TPSA) is 73.9 Å². The molecule has 0 spiro atoms. The highest BCUT2D eigenvalue weighted by atomic mass is 35.5. The number of hydrogen-bond acceptors (Lipinski definition) is 5. The van der Waals surface area contributed by atoms with E-state index in [2.05, 4.69) is 5.32 Å². The van der Waals surface area contributed by atoms with E-state index in [1.165, 1.54) is 33.3 Å². The fourth-order valence-corrected chi connectivity index (χ4v) is 2.53. The van der Waals surface area contributed by atoms with Crippen molar-refractivity contribution in [1.29, 1.82) is 0 Å². The van der Waals surface area contributed by atoms with E-state index in [0.717, 1.165) is 0 Å². The van der Waals surface area contributed by atoms with Crippen molar-refractivity contribution < 1.29 is 23.8 Å². The SMILES string of the molecule is COc1cc(/C=C/C(=O)O[C@H](C)C(=O)Nc2ccccc2)cc(Cl)c1OC. The molecule has 1 amide bonds. The van der Waals surface area contributed by atoms with Crippen LogP contribution in [0.1, 0.15) is 12.5 Å². The molecule has 2 rings (SSSR count). The number of anilines is 1. The third kappa shape index (κ3) is 5.76. The summed E-state index contributed by atoms with van der Waals surface area (Å²) in [5.74, 6) is -0.229. The van der Waals surface area contributed by atoms with Gasteiger partial charge in [-0.1, -0.05) is 29.8 Å². The average molecular weight is 390 g/mol. The Kier molecular flexibility index (Phi) is 7.25. The lowest BCUT2D eigenvalue weighted by Gasteiger charge is -2.12. The highest BCUT2D eigenvalue weighted by molar-refractivity contribution is 6.32. The smallest absolute Gasteiger partial charge is 0.331 e. The van der Waals surface area contributed by atoms with E-state index < -0.39 is 18.0 Å². The first-order valence-electron chi connectivity index (χ1n) is 8.10. The molecule has 6 nitrogen and oxygen atoms in total. The van der Waals surface area contributed by atoms with E-state index in [-0.39, 0.29) is 0 Å². The standard InChI is InChI=1S/C20H20ClNO5/c1-13(20(24)22-15-7-5-4-6-8-15)27-18(23)10-9-14-11-16(21)19(26-3)17(12-14)25-2/h4-13H,1-3H3,(H,22,24)/b10-9+/t13-/m1/s1. The van der Waals surface area contributed by atoms with Gasteiger partial charge in [-0.05, 0) is 42.8 Å². The van der Waals surface area contributed by atoms with Gasteiger partial charge in [-0.15, -0.1) is 0 Å². The second-order valence-corrected chi connectivity index (χ2v) is 5.91. The van der Waals surface area contributed by atoms with Crippen LogP contribution in [0.25, 0.3) is 6.08 Å². The van der Waals surface area contributed by atoms with Gasteiger partial charge in [0.1, 0.15) is 0 Å². The Hall–Kier alpha value is -2.99. The van der Waals surface area contributed by atoms with Crippen molar-refractivity contribution in [2.45, 2.75) is 13.0 Å². The summed E-state index contributed by atoms with van der Waals surface area (Å²) in [6, 6.07) is 12.2. The first-order chi connectivity index (χ1) is 12.9. The predicted octanol–water partition coefficient (Wildman–Crippen LogP) is 3.94. The van der Waals surface area contributed by atoms with Gasteiger partial charge in [0, 0.05) is 11.8 Å². The number of carbonyl (C=O) groups excluding carboxylic acids is 2. The number of para-hydroxylation sites is 1. The minimum atomic E-state index is -0.948. The summed E-state index contributed by atoms with van der Waals surface area (Å²) < 4.78 is 15.5. The van der Waals surface area contributed by atoms with Gasteiger partial charge < -0.3 is 19.5 Å². The second-order valence-electron chi connectivity index (χ2n) is 5.51. The van der Waals surface area contributed by atoms with Crippen LogP contribution in [-0.2, 0) is 14.3 Å². The number of methoxy groups -OCH3 is 2. The third-order valence-corrected chi connectivity index (χ3v) is 3.85. The summed E-state index contributed by atoms with van der Waals surface area (Å²) >= 11 is 6.12. The summed E-state index contributed by atoms with van der Waals surface area (Å²) in [6.45, 7) is 1.50. The van der Waals surface area contributed by atoms with E-state index >= 15 is 0 Å². The van der Waals surface area contributed by atoms with Gasteiger partial charge in [0.15, 0.2) is 17.6 Å². The molecule has 2 aromatic rings. The van der Waals surface area contributed by atoms with Crippen LogP contribution in [0.15, 0.2) is 48.5 Å². The Morgan fingerprint density at radius 3 is 2.44 bits per heavy atom. The lowest BCUT2D eigenvalue weighted by atomic mass is 10.2. The highest BCUT2D eigenvalue weighted by Gasteiger charge is 2.16. The van der Waals surface area contributed by atoms with E-state index in [4.69, 9.17) is 25.8 Å². The lowest BCUT2D eigenvalue weighted by molar-refractivity contribution is -0.148. The van der Waals surface area contributed by atoms with Crippen molar-refractivity contribution in [2.75, 3.05) is 19.5 Å². The number of ether oxygens (including phenoxy) is 3. The lowest BCUT2D eigenvalue weighted by Crippen LogP contribution is -2.29. The monoisotopic (exact) mass is 389 g/mol. The minimum absolute atomic E-state index is 0.348. The molecule has 0 saturated heterocycles. The molecule has 1 N–H and O–H groups in total. The van der Waals surface area contributed by atoms with Crippen LogP contribution < -0.4 is 14.8 Å². The van der Waals surface area contributed by atoms with Crippen molar-refractivity contribution in [1.82, 2.24) is 0 Å². The fraction of sp³-hybridized carbons (Fsp3) is 0.200. The molecular weight excluding hydrogens is 370 g/mol. The summed E-state index contributed by atoms with van der Waals surface area (Å²) in [7, 11) is 2.97. The van der Waals surface area contributed by atoms with Crippen molar-refractivity contribution >= 4 is 35.2 Å². The number of esters is 1. The number of hydrogen-bond donors (Lipinski definition) is 1. The van der Waals surface area contributed by atoms with Gasteiger partial charge in [0.25, 0.3) is 5.91 Å². The zero-order valence-electron chi connectivity index (χ0n) is 15.2. The number of amides is 1. The number of halogens is 1. The Balaban J connectivity index is 1.98. The molecule has 0 unspecified atom stereocenters. The maximum atomic E-state index is 12.1. The molecular formula is C20H20ClNO5. The summed E-state index contributed by atoms with van der Waals surface area (Å²) in [4.78, 5) is 24.0. The molecule has 0 bridgehead atoms. The number of carbonyl (C=O) groups is 2. The van der Waals surface area contributed by atoms with E-state index in [1.807, 2.05) is 6.07 Å². The van der Waals surface area contributed by atoms with Gasteiger partial charge in [-0.2, -0.15) is 0 Å². The number of benzene rings is 2. The Labute approximate surface area is 162 Å². The Bertz CT molecular complexity index is 836. The Morgan fingerprint density at radius 2 is 1.81 bits per heavy atom. The second kappa shape index (κ2) is 9.64. The van der Waals surface area contributed by atoms with Crippen LogP contribution in [0, 0.1) is 0 Å². The first kappa shape index (κ1) is 20.3. The number of rotatable bonds is 7. The van der Waals surface area contributed by atoms with Crippen molar-refractivity contribution in [3.8, 4) is 11.5 Å². The normalized spacial score (nSPS) is 11.7. The Morgan fingerprint density at radius 1 is 1.11 bits per heavy atom. The molecule has 27 heavy (non-hydrogen) atoms. The third-order valence-electron chi connectivity index (χ3n) is 3.57. The molecule has 0 saturated carbocycles. The maximum Gasteiger partial charge on any atom is 0.331 e. The molecule has 0 aromatic heterocycles. The van der Waals surface area contributed by atoms with Gasteiger partial charge in [0.05, 0.1) is 19.2 Å². The van der Waals surface area contributed by atoms with Crippen LogP contribution in [-0.4, -0.2) is 32.2 Å². The molecule has 1 atom stereocenters. The van der Waals surface area contributed by atoms with Crippen molar-refractivity contribution in [2.24, 2.45) is 0 Å². The van der Waals surface area contributed by atoms with Gasteiger partial charge >= 0.3 is 5.97 Å². The zero-order valence-corrected chi connectivity index (χ0v) is 15.9. The van der Waals surface area contributed by atoms with Crippen molar-refractivity contribution in [3.05, 3.63) is 59.1 Å². The molecule has 0 heterocycles. The summed E-state index contributed by atoms with van der Waals surface area (Å²) in [6.07, 6.45) is 1.78. The largest absolute Gasteiger partial charge is 0.493 e. The molecule has 142 valence electrons. The van der Waals surface area contributed by atoms with Crippen LogP contribution in [0.4, 0.5) is 5.69 Å². The predicted molar refractivity (Wildman–Crippen MR) is 104 cm³/mol. The summed E-state index contributed by atoms with van der Waals surface area (Å²) in [5.41, 5.74) is 1.25. The van der Waals surface area contributed by atoms with E-state index in [1.54, 1.807) is 36.4 Å². The first-order valence-corrected chi connectivity index (χ1v) is 8.48. The number of nitrogens with one attached hydrogen (secondary N) is 1. The molecule has 0 fully saturated rings. The molecule has 0 aliphatic carbocycles. The van der Waals surface area contributed by atoms with Gasteiger partial charge in [-0.3, -0.25) is 4.79 Å².